The average molecular weight is 414 g/mol. The molecule has 1 amide bonds. The van der Waals surface area contributed by atoms with E-state index in [4.69, 9.17) is 24.2 Å². The highest BCUT2D eigenvalue weighted by Crippen LogP contribution is 2.33. The molecule has 0 radical (unpaired) electrons. The Hall–Kier alpha value is -2.97. The van der Waals surface area contributed by atoms with E-state index in [0.717, 1.165) is 34.1 Å². The summed E-state index contributed by atoms with van der Waals surface area (Å²) in [5.74, 6) is 2.68. The molecule has 2 N–H and O–H groups in total. The lowest BCUT2D eigenvalue weighted by Gasteiger charge is -2.25. The van der Waals surface area contributed by atoms with Crippen LogP contribution in [0.15, 0.2) is 36.4 Å². The van der Waals surface area contributed by atoms with Gasteiger partial charge >= 0.3 is 0 Å². The first-order valence-corrected chi connectivity index (χ1v) is 10.1. The Morgan fingerprint density at radius 3 is 1.83 bits per heavy atom. The molecule has 4 rings (SSSR count). The smallest absolute Gasteiger partial charge is 0.243 e. The highest BCUT2D eigenvalue weighted by atomic mass is 16.6. The van der Waals surface area contributed by atoms with E-state index in [1.54, 1.807) is 5.48 Å². The van der Waals surface area contributed by atoms with Gasteiger partial charge in [-0.05, 0) is 48.4 Å². The number of nitrogens with zero attached hydrogens (tertiary/aromatic N) is 1. The van der Waals surface area contributed by atoms with Gasteiger partial charge in [0.1, 0.15) is 26.4 Å². The summed E-state index contributed by atoms with van der Waals surface area (Å²) < 4.78 is 22.6. The Bertz CT molecular complexity index is 826. The van der Waals surface area contributed by atoms with Crippen LogP contribution in [0.25, 0.3) is 0 Å². The van der Waals surface area contributed by atoms with Gasteiger partial charge in [0, 0.05) is 19.5 Å². The summed E-state index contributed by atoms with van der Waals surface area (Å²) >= 11 is 0. The van der Waals surface area contributed by atoms with Crippen molar-refractivity contribution in [1.82, 2.24) is 10.4 Å². The molecule has 0 bridgehead atoms. The fourth-order valence-corrected chi connectivity index (χ4v) is 3.62. The highest BCUT2D eigenvalue weighted by Gasteiger charge is 2.16. The van der Waals surface area contributed by atoms with Crippen LogP contribution in [0.3, 0.4) is 0 Å². The number of rotatable bonds is 8. The van der Waals surface area contributed by atoms with Crippen molar-refractivity contribution in [2.24, 2.45) is 0 Å². The van der Waals surface area contributed by atoms with E-state index in [0.29, 0.717) is 52.5 Å². The van der Waals surface area contributed by atoms with Crippen molar-refractivity contribution < 1.29 is 28.9 Å². The first-order chi connectivity index (χ1) is 14.7. The van der Waals surface area contributed by atoms with Crippen LogP contribution in [0.1, 0.15) is 24.0 Å². The SMILES string of the molecule is O=C(CCCN(Cc1ccc2c(c1)OCCO2)Cc1ccc2c(c1)OCCO2)NO. The number of hydrogen-bond acceptors (Lipinski definition) is 7. The van der Waals surface area contributed by atoms with Gasteiger partial charge in [-0.1, -0.05) is 12.1 Å². The summed E-state index contributed by atoms with van der Waals surface area (Å²) in [6.07, 6.45) is 0.886. The third kappa shape index (κ3) is 5.14. The molecule has 0 saturated carbocycles. The minimum Gasteiger partial charge on any atom is -0.486 e. The normalized spacial score (nSPS) is 14.5. The lowest BCUT2D eigenvalue weighted by Crippen LogP contribution is -2.26. The molecule has 0 atom stereocenters. The second-order valence-corrected chi connectivity index (χ2v) is 7.31. The van der Waals surface area contributed by atoms with Crippen LogP contribution in [0.5, 0.6) is 23.0 Å². The molecule has 0 spiro atoms. The lowest BCUT2D eigenvalue weighted by atomic mass is 10.1. The van der Waals surface area contributed by atoms with Crippen LogP contribution in [-0.2, 0) is 17.9 Å². The molecule has 8 heteroatoms. The number of fused-ring (bicyclic) bond motifs is 2. The van der Waals surface area contributed by atoms with Crippen molar-refractivity contribution >= 4 is 5.91 Å². The van der Waals surface area contributed by atoms with Gasteiger partial charge in [0.2, 0.25) is 5.91 Å². The first kappa shape index (κ1) is 20.3. The predicted octanol–water partition coefficient (Wildman–Crippen LogP) is 2.52. The minimum atomic E-state index is -0.381. The third-order valence-corrected chi connectivity index (χ3v) is 5.03. The van der Waals surface area contributed by atoms with E-state index in [-0.39, 0.29) is 12.3 Å². The van der Waals surface area contributed by atoms with E-state index >= 15 is 0 Å². The standard InChI is InChI=1S/C22H26N2O6/c25-22(23-26)2-1-7-24(14-16-3-5-18-20(12-16)29-10-8-27-18)15-17-4-6-19-21(13-17)30-11-9-28-19/h3-6,12-13,26H,1-2,7-11,14-15H2,(H,23,25). The Balaban J connectivity index is 1.46. The molecule has 2 aromatic carbocycles. The molecule has 2 aliphatic rings. The number of carbonyl (C=O) groups excluding carboxylic acids is 1. The fraction of sp³-hybridized carbons (Fsp3) is 0.409. The molecule has 0 saturated heterocycles. The lowest BCUT2D eigenvalue weighted by molar-refractivity contribution is -0.129. The van der Waals surface area contributed by atoms with Crippen molar-refractivity contribution in [1.29, 1.82) is 0 Å². The quantitative estimate of drug-likeness (QED) is 0.507. The second-order valence-electron chi connectivity index (χ2n) is 7.31. The maximum absolute atomic E-state index is 11.4. The Morgan fingerprint density at radius 1 is 0.833 bits per heavy atom. The van der Waals surface area contributed by atoms with E-state index in [2.05, 4.69) is 4.90 Å². The molecule has 160 valence electrons. The number of carbonyl (C=O) groups is 1. The van der Waals surface area contributed by atoms with Crippen LogP contribution in [0, 0.1) is 0 Å². The predicted molar refractivity (Wildman–Crippen MR) is 108 cm³/mol. The summed E-state index contributed by atoms with van der Waals surface area (Å²) in [5, 5.41) is 8.73. The largest absolute Gasteiger partial charge is 0.486 e. The zero-order chi connectivity index (χ0) is 20.8. The molecule has 0 fully saturated rings. The molecule has 0 unspecified atom stereocenters. The van der Waals surface area contributed by atoms with E-state index in [9.17, 15) is 4.79 Å². The van der Waals surface area contributed by atoms with E-state index in [1.165, 1.54) is 0 Å². The molecule has 30 heavy (non-hydrogen) atoms. The van der Waals surface area contributed by atoms with Gasteiger partial charge in [-0.25, -0.2) is 5.48 Å². The number of benzene rings is 2. The van der Waals surface area contributed by atoms with Crippen molar-refractivity contribution in [2.75, 3.05) is 33.0 Å². The zero-order valence-electron chi connectivity index (χ0n) is 16.8. The Labute approximate surface area is 175 Å². The number of hydroxylamine groups is 1. The van der Waals surface area contributed by atoms with Crippen molar-refractivity contribution in [3.05, 3.63) is 47.5 Å². The van der Waals surface area contributed by atoms with Gasteiger partial charge in [-0.2, -0.15) is 0 Å². The second kappa shape index (κ2) is 9.69. The van der Waals surface area contributed by atoms with Crippen molar-refractivity contribution in [3.8, 4) is 23.0 Å². The molecule has 0 aromatic heterocycles. The molecule has 8 nitrogen and oxygen atoms in total. The van der Waals surface area contributed by atoms with E-state index in [1.807, 2.05) is 36.4 Å². The maximum Gasteiger partial charge on any atom is 0.243 e. The molecular weight excluding hydrogens is 388 g/mol. The van der Waals surface area contributed by atoms with Crippen LogP contribution in [0.4, 0.5) is 0 Å². The van der Waals surface area contributed by atoms with Gasteiger partial charge in [0.15, 0.2) is 23.0 Å². The highest BCUT2D eigenvalue weighted by molar-refractivity contribution is 5.74. The fourth-order valence-electron chi connectivity index (χ4n) is 3.62. The molecule has 0 aliphatic carbocycles. The van der Waals surface area contributed by atoms with Crippen LogP contribution < -0.4 is 24.4 Å². The number of amides is 1. The molecule has 2 aliphatic heterocycles. The van der Waals surface area contributed by atoms with Crippen molar-refractivity contribution in [2.45, 2.75) is 25.9 Å². The summed E-state index contributed by atoms with van der Waals surface area (Å²) in [7, 11) is 0. The van der Waals surface area contributed by atoms with Gasteiger partial charge < -0.3 is 18.9 Å². The van der Waals surface area contributed by atoms with Gasteiger partial charge in [0.05, 0.1) is 0 Å². The maximum atomic E-state index is 11.4. The summed E-state index contributed by atoms with van der Waals surface area (Å²) in [6, 6.07) is 11.9. The summed E-state index contributed by atoms with van der Waals surface area (Å²) in [5.41, 5.74) is 3.89. The van der Waals surface area contributed by atoms with Crippen LogP contribution in [-0.4, -0.2) is 49.0 Å². The van der Waals surface area contributed by atoms with E-state index < -0.39 is 0 Å². The Kier molecular flexibility index (Phi) is 6.56. The molecular formula is C22H26N2O6. The summed E-state index contributed by atoms with van der Waals surface area (Å²) in [6.45, 7) is 4.29. The topological polar surface area (TPSA) is 89.5 Å². The Morgan fingerprint density at radius 2 is 1.33 bits per heavy atom. The average Bonchev–Trinajstić information content (AvgIpc) is 2.78. The monoisotopic (exact) mass is 414 g/mol. The molecule has 2 aromatic rings. The van der Waals surface area contributed by atoms with Crippen molar-refractivity contribution in [3.63, 3.8) is 0 Å². The molecule has 2 heterocycles. The van der Waals surface area contributed by atoms with Gasteiger partial charge in [0.25, 0.3) is 0 Å². The summed E-state index contributed by atoms with van der Waals surface area (Å²) in [4.78, 5) is 13.6. The van der Waals surface area contributed by atoms with Crippen LogP contribution in [0.2, 0.25) is 0 Å². The van der Waals surface area contributed by atoms with Gasteiger partial charge in [-0.3, -0.25) is 14.9 Å². The first-order valence-electron chi connectivity index (χ1n) is 10.1. The number of ether oxygens (including phenoxy) is 4. The van der Waals surface area contributed by atoms with Gasteiger partial charge in [-0.15, -0.1) is 0 Å². The number of nitrogens with one attached hydrogen (secondary N) is 1. The minimum absolute atomic E-state index is 0.259. The number of hydrogen-bond donors (Lipinski definition) is 2. The zero-order valence-corrected chi connectivity index (χ0v) is 16.8. The van der Waals surface area contributed by atoms with Crippen LogP contribution >= 0.6 is 0 Å². The third-order valence-electron chi connectivity index (χ3n) is 5.03.